The second kappa shape index (κ2) is 8.71. The highest BCUT2D eigenvalue weighted by molar-refractivity contribution is 6.10. The van der Waals surface area contributed by atoms with Gasteiger partial charge in [0.2, 0.25) is 0 Å². The molecule has 0 saturated heterocycles. The number of hydrogen-bond acceptors (Lipinski definition) is 5. The van der Waals surface area contributed by atoms with Crippen molar-refractivity contribution in [3.63, 3.8) is 0 Å². The summed E-state index contributed by atoms with van der Waals surface area (Å²) in [5, 5.41) is 5.51. The molecule has 31 heavy (non-hydrogen) atoms. The topological polar surface area (TPSA) is 93.7 Å². The third kappa shape index (κ3) is 4.40. The highest BCUT2D eigenvalue weighted by atomic mass is 16.5. The Bertz CT molecular complexity index is 1140. The highest BCUT2D eigenvalue weighted by Crippen LogP contribution is 2.23. The summed E-state index contributed by atoms with van der Waals surface area (Å²) in [6.45, 7) is 0. The Labute approximate surface area is 179 Å². The first-order chi connectivity index (χ1) is 15.0. The van der Waals surface area contributed by atoms with Gasteiger partial charge in [-0.05, 0) is 48.0 Å². The SMILES string of the molecule is COc1ccc(NC(=O)c2ccccc2NC(=O)C2Cc3ccccc3C(=O)O2)cc1. The molecule has 0 bridgehead atoms. The minimum absolute atomic E-state index is 0.272. The van der Waals surface area contributed by atoms with E-state index in [9.17, 15) is 14.4 Å². The lowest BCUT2D eigenvalue weighted by Crippen LogP contribution is -2.38. The normalized spacial score (nSPS) is 14.7. The fourth-order valence-electron chi connectivity index (χ4n) is 3.35. The molecule has 2 amide bonds. The van der Waals surface area contributed by atoms with Crippen LogP contribution in [-0.4, -0.2) is 31.0 Å². The van der Waals surface area contributed by atoms with Crippen LogP contribution in [0, 0.1) is 0 Å². The van der Waals surface area contributed by atoms with Gasteiger partial charge in [0, 0.05) is 12.1 Å². The number of fused-ring (bicyclic) bond motifs is 1. The van der Waals surface area contributed by atoms with Gasteiger partial charge in [0.05, 0.1) is 23.9 Å². The van der Waals surface area contributed by atoms with Crippen molar-refractivity contribution in [3.05, 3.63) is 89.5 Å². The van der Waals surface area contributed by atoms with Gasteiger partial charge in [-0.25, -0.2) is 4.79 Å². The number of nitrogens with one attached hydrogen (secondary N) is 2. The van der Waals surface area contributed by atoms with Crippen LogP contribution in [0.3, 0.4) is 0 Å². The Morgan fingerprint density at radius 1 is 0.935 bits per heavy atom. The number of rotatable bonds is 5. The summed E-state index contributed by atoms with van der Waals surface area (Å²) in [4.78, 5) is 37.8. The maximum atomic E-state index is 12.8. The molecule has 4 rings (SSSR count). The Morgan fingerprint density at radius 3 is 2.42 bits per heavy atom. The van der Waals surface area contributed by atoms with Crippen molar-refractivity contribution >= 4 is 29.2 Å². The van der Waals surface area contributed by atoms with E-state index in [0.29, 0.717) is 22.7 Å². The summed E-state index contributed by atoms with van der Waals surface area (Å²) >= 11 is 0. The minimum atomic E-state index is -0.972. The van der Waals surface area contributed by atoms with Gasteiger partial charge < -0.3 is 20.1 Å². The molecule has 0 saturated carbocycles. The van der Waals surface area contributed by atoms with Crippen LogP contribution in [0.5, 0.6) is 5.75 Å². The molecule has 3 aromatic rings. The van der Waals surface area contributed by atoms with Gasteiger partial charge in [0.25, 0.3) is 11.8 Å². The van der Waals surface area contributed by atoms with Crippen molar-refractivity contribution in [3.8, 4) is 5.75 Å². The molecule has 0 spiro atoms. The predicted octanol–water partition coefficient (Wildman–Crippen LogP) is 3.67. The zero-order valence-corrected chi connectivity index (χ0v) is 16.8. The van der Waals surface area contributed by atoms with Crippen molar-refractivity contribution in [2.75, 3.05) is 17.7 Å². The number of cyclic esters (lactones) is 1. The number of anilines is 2. The fraction of sp³-hybridized carbons (Fsp3) is 0.125. The molecule has 0 fully saturated rings. The van der Waals surface area contributed by atoms with Crippen molar-refractivity contribution in [1.29, 1.82) is 0 Å². The van der Waals surface area contributed by atoms with Gasteiger partial charge in [-0.3, -0.25) is 9.59 Å². The largest absolute Gasteiger partial charge is 0.497 e. The first kappa shape index (κ1) is 20.2. The number of benzene rings is 3. The summed E-state index contributed by atoms with van der Waals surface area (Å²) in [5.74, 6) is -0.735. The quantitative estimate of drug-likeness (QED) is 0.619. The molecule has 1 aliphatic rings. The van der Waals surface area contributed by atoms with E-state index in [4.69, 9.17) is 9.47 Å². The number of methoxy groups -OCH3 is 1. The van der Waals surface area contributed by atoms with Crippen LogP contribution in [0.25, 0.3) is 0 Å². The number of carbonyl (C=O) groups excluding carboxylic acids is 3. The molecule has 7 nitrogen and oxygen atoms in total. The summed E-state index contributed by atoms with van der Waals surface area (Å²) < 4.78 is 10.4. The van der Waals surface area contributed by atoms with E-state index in [-0.39, 0.29) is 17.9 Å². The first-order valence-electron chi connectivity index (χ1n) is 9.69. The number of ether oxygens (including phenoxy) is 2. The van der Waals surface area contributed by atoms with E-state index < -0.39 is 18.0 Å². The number of carbonyl (C=O) groups is 3. The Balaban J connectivity index is 1.49. The lowest BCUT2D eigenvalue weighted by atomic mass is 9.98. The zero-order valence-electron chi connectivity index (χ0n) is 16.8. The third-order valence-electron chi connectivity index (χ3n) is 4.96. The monoisotopic (exact) mass is 416 g/mol. The van der Waals surface area contributed by atoms with Gasteiger partial charge in [-0.15, -0.1) is 0 Å². The van der Waals surface area contributed by atoms with Crippen LogP contribution >= 0.6 is 0 Å². The van der Waals surface area contributed by atoms with Crippen LogP contribution in [0.15, 0.2) is 72.8 Å². The van der Waals surface area contributed by atoms with Crippen molar-refractivity contribution < 1.29 is 23.9 Å². The van der Waals surface area contributed by atoms with Gasteiger partial charge >= 0.3 is 5.97 Å². The number of amides is 2. The Kier molecular flexibility index (Phi) is 5.66. The third-order valence-corrected chi connectivity index (χ3v) is 4.96. The average Bonchev–Trinajstić information content (AvgIpc) is 2.80. The van der Waals surface area contributed by atoms with Crippen LogP contribution < -0.4 is 15.4 Å². The summed E-state index contributed by atoms with van der Waals surface area (Å²) in [7, 11) is 1.56. The van der Waals surface area contributed by atoms with E-state index in [1.807, 2.05) is 6.07 Å². The molecule has 1 aliphatic heterocycles. The Morgan fingerprint density at radius 2 is 1.65 bits per heavy atom. The first-order valence-corrected chi connectivity index (χ1v) is 9.69. The minimum Gasteiger partial charge on any atom is -0.497 e. The highest BCUT2D eigenvalue weighted by Gasteiger charge is 2.31. The molecular formula is C24H20N2O5. The molecule has 0 aromatic heterocycles. The van der Waals surface area contributed by atoms with Gasteiger partial charge in [-0.1, -0.05) is 30.3 Å². The molecule has 7 heteroatoms. The van der Waals surface area contributed by atoms with Gasteiger partial charge in [0.15, 0.2) is 6.10 Å². The van der Waals surface area contributed by atoms with Crippen molar-refractivity contribution in [1.82, 2.24) is 0 Å². The smallest absolute Gasteiger partial charge is 0.339 e. The zero-order chi connectivity index (χ0) is 21.8. The van der Waals surface area contributed by atoms with E-state index >= 15 is 0 Å². The molecule has 156 valence electrons. The van der Waals surface area contributed by atoms with Crippen molar-refractivity contribution in [2.24, 2.45) is 0 Å². The average molecular weight is 416 g/mol. The van der Waals surface area contributed by atoms with E-state index in [1.54, 1.807) is 73.8 Å². The molecular weight excluding hydrogens is 396 g/mol. The molecule has 3 aromatic carbocycles. The van der Waals surface area contributed by atoms with Crippen LogP contribution in [-0.2, 0) is 16.0 Å². The molecule has 0 aliphatic carbocycles. The molecule has 1 atom stereocenters. The second-order valence-electron chi connectivity index (χ2n) is 6.97. The number of hydrogen-bond donors (Lipinski definition) is 2. The Hall–Kier alpha value is -4.13. The molecule has 2 N–H and O–H groups in total. The van der Waals surface area contributed by atoms with E-state index in [0.717, 1.165) is 5.56 Å². The summed E-state index contributed by atoms with van der Waals surface area (Å²) in [6, 6.07) is 20.6. The summed E-state index contributed by atoms with van der Waals surface area (Å²) in [5.41, 5.74) is 2.42. The van der Waals surface area contributed by atoms with Crippen LogP contribution in [0.2, 0.25) is 0 Å². The predicted molar refractivity (Wildman–Crippen MR) is 115 cm³/mol. The second-order valence-corrected chi connectivity index (χ2v) is 6.97. The van der Waals surface area contributed by atoms with E-state index in [2.05, 4.69) is 10.6 Å². The molecule has 0 radical (unpaired) electrons. The molecule has 1 heterocycles. The number of para-hydroxylation sites is 1. The van der Waals surface area contributed by atoms with Crippen LogP contribution in [0.1, 0.15) is 26.3 Å². The van der Waals surface area contributed by atoms with Gasteiger partial charge in [0.1, 0.15) is 5.75 Å². The van der Waals surface area contributed by atoms with Gasteiger partial charge in [-0.2, -0.15) is 0 Å². The van der Waals surface area contributed by atoms with Crippen molar-refractivity contribution in [2.45, 2.75) is 12.5 Å². The van der Waals surface area contributed by atoms with Crippen LogP contribution in [0.4, 0.5) is 11.4 Å². The number of esters is 1. The molecule has 1 unspecified atom stereocenters. The maximum Gasteiger partial charge on any atom is 0.339 e. The fourth-order valence-corrected chi connectivity index (χ4v) is 3.35. The maximum absolute atomic E-state index is 12.8. The lowest BCUT2D eigenvalue weighted by Gasteiger charge is -2.24. The summed E-state index contributed by atoms with van der Waals surface area (Å²) in [6.07, 6.45) is -0.700. The van der Waals surface area contributed by atoms with E-state index in [1.165, 1.54) is 0 Å². The standard InChI is InChI=1S/C24H20N2O5/c1-30-17-12-10-16(11-13-17)25-22(27)19-8-4-5-9-20(19)26-23(28)21-14-15-6-2-3-7-18(15)24(29)31-21/h2-13,21H,14H2,1H3,(H,25,27)(H,26,28). The lowest BCUT2D eigenvalue weighted by molar-refractivity contribution is -0.125.